The van der Waals surface area contributed by atoms with Gasteiger partial charge in [-0.3, -0.25) is 9.59 Å². The van der Waals surface area contributed by atoms with E-state index in [1.165, 1.54) is 19.4 Å². The molecular weight excluding hydrogens is 542 g/mol. The Hall–Kier alpha value is -3.09. The fraction of sp³-hybridized carbons (Fsp3) is 0.190. The molecule has 7 nitrogen and oxygen atoms in total. The number of nitrogens with zero attached hydrogens (tertiary/aromatic N) is 1. The lowest BCUT2D eigenvalue weighted by Gasteiger charge is -2.12. The Morgan fingerprint density at radius 3 is 2.62 bits per heavy atom. The van der Waals surface area contributed by atoms with Crippen LogP contribution < -0.4 is 20.2 Å². The number of carbonyl (C=O) groups is 2. The number of halogens is 4. The number of alkyl halides is 3. The van der Waals surface area contributed by atoms with Crippen molar-refractivity contribution in [1.29, 1.82) is 0 Å². The molecule has 0 aliphatic heterocycles. The van der Waals surface area contributed by atoms with Gasteiger partial charge < -0.3 is 14.8 Å². The van der Waals surface area contributed by atoms with Gasteiger partial charge in [0.25, 0.3) is 0 Å². The molecule has 0 saturated carbocycles. The highest BCUT2D eigenvalue weighted by Gasteiger charge is 2.30. The number of methoxy groups -OCH3 is 1. The number of amides is 2. The van der Waals surface area contributed by atoms with Crippen molar-refractivity contribution in [2.45, 2.75) is 12.6 Å². The van der Waals surface area contributed by atoms with Gasteiger partial charge in [0.2, 0.25) is 11.8 Å². The van der Waals surface area contributed by atoms with Crippen LogP contribution in [-0.4, -0.2) is 31.7 Å². The average Bonchev–Trinajstić information content (AvgIpc) is 2.72. The van der Waals surface area contributed by atoms with Crippen LogP contribution in [0.1, 0.15) is 17.5 Å². The second kappa shape index (κ2) is 11.5. The van der Waals surface area contributed by atoms with E-state index in [1.54, 1.807) is 18.2 Å². The largest absolute Gasteiger partial charge is 0.493 e. The average molecular weight is 561 g/mol. The van der Waals surface area contributed by atoms with Gasteiger partial charge in [0.05, 0.1) is 22.5 Å². The van der Waals surface area contributed by atoms with E-state index < -0.39 is 30.0 Å². The van der Waals surface area contributed by atoms with Crippen LogP contribution in [0, 0.1) is 3.57 Å². The van der Waals surface area contributed by atoms with E-state index >= 15 is 0 Å². The van der Waals surface area contributed by atoms with Crippen LogP contribution in [-0.2, 0) is 15.8 Å². The molecule has 2 rings (SSSR count). The summed E-state index contributed by atoms with van der Waals surface area (Å²) in [6.07, 6.45) is -2.21. The number of hydrogen-bond donors (Lipinski definition) is 2. The van der Waals surface area contributed by atoms with Crippen LogP contribution in [0.2, 0.25) is 0 Å². The molecular formula is C21H19F3IN3O4. The summed E-state index contributed by atoms with van der Waals surface area (Å²) >= 11 is 2.06. The fourth-order valence-corrected chi connectivity index (χ4v) is 3.22. The van der Waals surface area contributed by atoms with E-state index in [0.717, 1.165) is 21.8 Å². The van der Waals surface area contributed by atoms with Crippen molar-refractivity contribution >= 4 is 46.3 Å². The highest BCUT2D eigenvalue weighted by Crippen LogP contribution is 2.33. The van der Waals surface area contributed by atoms with E-state index in [-0.39, 0.29) is 5.69 Å². The first-order valence-electron chi connectivity index (χ1n) is 9.04. The van der Waals surface area contributed by atoms with Crippen LogP contribution in [0.15, 0.2) is 54.2 Å². The van der Waals surface area contributed by atoms with Gasteiger partial charge in [0, 0.05) is 5.69 Å². The zero-order chi connectivity index (χ0) is 23.7. The van der Waals surface area contributed by atoms with Gasteiger partial charge in [-0.2, -0.15) is 18.3 Å². The smallest absolute Gasteiger partial charge is 0.416 e. The third kappa shape index (κ3) is 7.55. The van der Waals surface area contributed by atoms with Crippen molar-refractivity contribution in [3.05, 3.63) is 63.8 Å². The standard InChI is InChI=1S/C21H19F3IN3O4/c1-3-7-32-20-16(25)8-13(9-17(20)31-2)12-26-28-19(30)11-18(29)27-15-6-4-5-14(10-15)21(22,23)24/h3-6,8-10,12H,1,7,11H2,2H3,(H,27,29)(H,28,30). The molecule has 0 bridgehead atoms. The third-order valence-corrected chi connectivity index (χ3v) is 4.60. The van der Waals surface area contributed by atoms with Gasteiger partial charge in [0.1, 0.15) is 13.0 Å². The quantitative estimate of drug-likeness (QED) is 0.157. The van der Waals surface area contributed by atoms with Gasteiger partial charge in [0.15, 0.2) is 11.5 Å². The number of anilines is 1. The molecule has 0 heterocycles. The fourth-order valence-electron chi connectivity index (χ4n) is 2.44. The van der Waals surface area contributed by atoms with E-state index in [2.05, 4.69) is 45.0 Å². The lowest BCUT2D eigenvalue weighted by Crippen LogP contribution is -2.24. The summed E-state index contributed by atoms with van der Waals surface area (Å²) < 4.78 is 49.8. The zero-order valence-corrected chi connectivity index (χ0v) is 19.0. The van der Waals surface area contributed by atoms with Crippen LogP contribution in [0.5, 0.6) is 11.5 Å². The first-order chi connectivity index (χ1) is 15.1. The first-order valence-corrected chi connectivity index (χ1v) is 10.1. The summed E-state index contributed by atoms with van der Waals surface area (Å²) in [6, 6.07) is 7.51. The Kier molecular flexibility index (Phi) is 9.05. The predicted octanol–water partition coefficient (Wildman–Crippen LogP) is 4.36. The van der Waals surface area contributed by atoms with E-state index in [4.69, 9.17) is 9.47 Å². The third-order valence-electron chi connectivity index (χ3n) is 3.79. The number of hydrogen-bond acceptors (Lipinski definition) is 5. The number of hydrazone groups is 1. The topological polar surface area (TPSA) is 89.0 Å². The van der Waals surface area contributed by atoms with Gasteiger partial charge in [-0.1, -0.05) is 18.7 Å². The molecule has 0 fully saturated rings. The highest BCUT2D eigenvalue weighted by molar-refractivity contribution is 14.1. The van der Waals surface area contributed by atoms with Crippen molar-refractivity contribution in [2.75, 3.05) is 19.0 Å². The molecule has 32 heavy (non-hydrogen) atoms. The SMILES string of the molecule is C=CCOc1c(I)cc(C=NNC(=O)CC(=O)Nc2cccc(C(F)(F)F)c2)cc1OC. The molecule has 2 amide bonds. The lowest BCUT2D eigenvalue weighted by atomic mass is 10.2. The summed E-state index contributed by atoms with van der Waals surface area (Å²) in [5, 5.41) is 6.04. The maximum atomic E-state index is 12.7. The number of ether oxygens (including phenoxy) is 2. The summed E-state index contributed by atoms with van der Waals surface area (Å²) in [7, 11) is 1.48. The minimum absolute atomic E-state index is 0.0680. The molecule has 0 spiro atoms. The van der Waals surface area contributed by atoms with Crippen LogP contribution in [0.3, 0.4) is 0 Å². The predicted molar refractivity (Wildman–Crippen MR) is 122 cm³/mol. The minimum Gasteiger partial charge on any atom is -0.493 e. The van der Waals surface area contributed by atoms with Crippen LogP contribution >= 0.6 is 22.6 Å². The van der Waals surface area contributed by atoms with E-state index in [1.807, 2.05) is 0 Å². The Labute approximate surface area is 195 Å². The normalized spacial score (nSPS) is 11.2. The lowest BCUT2D eigenvalue weighted by molar-refractivity contribution is -0.137. The molecule has 0 aliphatic carbocycles. The summed E-state index contributed by atoms with van der Waals surface area (Å²) in [5.41, 5.74) is 1.82. The van der Waals surface area contributed by atoms with Crippen molar-refractivity contribution in [3.8, 4) is 11.5 Å². The molecule has 2 aromatic rings. The van der Waals surface area contributed by atoms with Gasteiger partial charge in [-0.05, 0) is 58.5 Å². The summed E-state index contributed by atoms with van der Waals surface area (Å²) in [4.78, 5) is 23.8. The molecule has 11 heteroatoms. The Bertz CT molecular complexity index is 1030. The Morgan fingerprint density at radius 1 is 1.22 bits per heavy atom. The van der Waals surface area contributed by atoms with Crippen molar-refractivity contribution < 1.29 is 32.2 Å². The van der Waals surface area contributed by atoms with Crippen molar-refractivity contribution in [3.63, 3.8) is 0 Å². The molecule has 0 aliphatic rings. The molecule has 170 valence electrons. The first kappa shape index (κ1) is 25.2. The van der Waals surface area contributed by atoms with Crippen LogP contribution in [0.4, 0.5) is 18.9 Å². The van der Waals surface area contributed by atoms with Crippen molar-refractivity contribution in [2.24, 2.45) is 5.10 Å². The Balaban J connectivity index is 1.94. The summed E-state index contributed by atoms with van der Waals surface area (Å²) in [5.74, 6) is -0.511. The molecule has 0 unspecified atom stereocenters. The number of nitrogens with one attached hydrogen (secondary N) is 2. The van der Waals surface area contributed by atoms with Gasteiger partial charge in [-0.25, -0.2) is 5.43 Å². The maximum Gasteiger partial charge on any atom is 0.416 e. The molecule has 0 radical (unpaired) electrons. The Morgan fingerprint density at radius 2 is 1.97 bits per heavy atom. The van der Waals surface area contributed by atoms with Crippen molar-refractivity contribution in [1.82, 2.24) is 5.43 Å². The molecule has 0 atom stereocenters. The highest BCUT2D eigenvalue weighted by atomic mass is 127. The van der Waals surface area contributed by atoms with E-state index in [0.29, 0.717) is 23.7 Å². The molecule has 2 aromatic carbocycles. The van der Waals surface area contributed by atoms with Crippen LogP contribution in [0.25, 0.3) is 0 Å². The number of rotatable bonds is 9. The monoisotopic (exact) mass is 561 g/mol. The number of benzene rings is 2. The van der Waals surface area contributed by atoms with E-state index in [9.17, 15) is 22.8 Å². The minimum atomic E-state index is -4.54. The molecule has 2 N–H and O–H groups in total. The van der Waals surface area contributed by atoms with Gasteiger partial charge >= 0.3 is 6.18 Å². The summed E-state index contributed by atoms with van der Waals surface area (Å²) in [6.45, 7) is 3.89. The second-order valence-corrected chi connectivity index (χ2v) is 7.39. The number of carbonyl (C=O) groups excluding carboxylic acids is 2. The second-order valence-electron chi connectivity index (χ2n) is 6.23. The molecule has 0 aromatic heterocycles. The molecule has 0 saturated heterocycles. The van der Waals surface area contributed by atoms with Gasteiger partial charge in [-0.15, -0.1) is 0 Å². The maximum absolute atomic E-state index is 12.7. The zero-order valence-electron chi connectivity index (χ0n) is 16.8.